The predicted molar refractivity (Wildman–Crippen MR) is 80.0 cm³/mol. The van der Waals surface area contributed by atoms with Crippen molar-refractivity contribution in [2.75, 3.05) is 12.3 Å². The summed E-state index contributed by atoms with van der Waals surface area (Å²) in [5.41, 5.74) is 0. The zero-order valence-electron chi connectivity index (χ0n) is 12.0. The SMILES string of the molecule is O=P(O)(O)CCCCCCCCCCCCP(=O)(O)O. The second-order valence-electron chi connectivity index (χ2n) is 5.31. The van der Waals surface area contributed by atoms with E-state index in [9.17, 15) is 9.13 Å². The molecule has 0 aromatic carbocycles. The molecule has 8 heteroatoms. The van der Waals surface area contributed by atoms with Gasteiger partial charge >= 0.3 is 15.2 Å². The maximum absolute atomic E-state index is 10.6. The minimum absolute atomic E-state index is 0.00737. The third-order valence-corrected chi connectivity index (χ3v) is 4.95. The van der Waals surface area contributed by atoms with Crippen molar-refractivity contribution in [3.05, 3.63) is 0 Å². The fourth-order valence-electron chi connectivity index (χ4n) is 2.05. The average Bonchev–Trinajstić information content (AvgIpc) is 2.27. The van der Waals surface area contributed by atoms with E-state index in [4.69, 9.17) is 19.6 Å². The minimum Gasteiger partial charge on any atom is -0.324 e. The fraction of sp³-hybridized carbons (Fsp3) is 1.00. The van der Waals surface area contributed by atoms with Crippen molar-refractivity contribution < 1.29 is 28.7 Å². The molecular formula is C12H28O6P2. The van der Waals surface area contributed by atoms with Gasteiger partial charge in [-0.05, 0) is 12.8 Å². The number of hydrogen-bond donors (Lipinski definition) is 4. The van der Waals surface area contributed by atoms with Crippen LogP contribution in [0.5, 0.6) is 0 Å². The van der Waals surface area contributed by atoms with Crippen LogP contribution in [0.25, 0.3) is 0 Å². The predicted octanol–water partition coefficient (Wildman–Crippen LogP) is 3.24. The van der Waals surface area contributed by atoms with Crippen molar-refractivity contribution in [1.82, 2.24) is 0 Å². The molecule has 0 spiro atoms. The summed E-state index contributed by atoms with van der Waals surface area (Å²) in [5.74, 6) is 0. The summed E-state index contributed by atoms with van der Waals surface area (Å²) in [6.45, 7) is 0. The summed E-state index contributed by atoms with van der Waals surface area (Å²) in [4.78, 5) is 34.7. The van der Waals surface area contributed by atoms with Gasteiger partial charge in [-0.3, -0.25) is 9.13 Å². The van der Waals surface area contributed by atoms with Crippen molar-refractivity contribution in [2.45, 2.75) is 64.2 Å². The number of rotatable bonds is 13. The van der Waals surface area contributed by atoms with Crippen LogP contribution in [0.1, 0.15) is 64.2 Å². The van der Waals surface area contributed by atoms with E-state index < -0.39 is 15.2 Å². The van der Waals surface area contributed by atoms with Crippen LogP contribution in [0.4, 0.5) is 0 Å². The topological polar surface area (TPSA) is 115 Å². The molecule has 0 saturated heterocycles. The van der Waals surface area contributed by atoms with E-state index in [1.807, 2.05) is 0 Å². The van der Waals surface area contributed by atoms with Crippen LogP contribution in [0.3, 0.4) is 0 Å². The Morgan fingerprint density at radius 1 is 0.450 bits per heavy atom. The lowest BCUT2D eigenvalue weighted by molar-refractivity contribution is 0.368. The van der Waals surface area contributed by atoms with E-state index in [1.54, 1.807) is 0 Å². The van der Waals surface area contributed by atoms with Gasteiger partial charge in [0, 0.05) is 12.3 Å². The van der Waals surface area contributed by atoms with E-state index in [1.165, 1.54) is 0 Å². The smallest absolute Gasteiger partial charge is 0.324 e. The molecule has 0 rings (SSSR count). The van der Waals surface area contributed by atoms with Crippen molar-refractivity contribution in [1.29, 1.82) is 0 Å². The molecule has 20 heavy (non-hydrogen) atoms. The highest BCUT2D eigenvalue weighted by atomic mass is 31.2. The molecule has 0 aliphatic rings. The van der Waals surface area contributed by atoms with Gasteiger partial charge in [0.05, 0.1) is 0 Å². The van der Waals surface area contributed by atoms with Crippen LogP contribution >= 0.6 is 15.2 Å². The normalized spacial score (nSPS) is 12.8. The Balaban J connectivity index is 3.14. The van der Waals surface area contributed by atoms with Gasteiger partial charge in [0.2, 0.25) is 0 Å². The lowest BCUT2D eigenvalue weighted by atomic mass is 10.1. The van der Waals surface area contributed by atoms with E-state index in [0.717, 1.165) is 51.4 Å². The zero-order valence-corrected chi connectivity index (χ0v) is 13.8. The first-order chi connectivity index (χ1) is 9.21. The largest absolute Gasteiger partial charge is 0.325 e. The molecule has 0 fully saturated rings. The lowest BCUT2D eigenvalue weighted by Crippen LogP contribution is -1.89. The Hall–Kier alpha value is 0.300. The monoisotopic (exact) mass is 330 g/mol. The van der Waals surface area contributed by atoms with Crippen molar-refractivity contribution in [2.24, 2.45) is 0 Å². The third-order valence-electron chi connectivity index (χ3n) is 3.15. The zero-order chi connectivity index (χ0) is 15.5. The van der Waals surface area contributed by atoms with Crippen LogP contribution in [-0.2, 0) is 9.13 Å². The van der Waals surface area contributed by atoms with Crippen LogP contribution < -0.4 is 0 Å². The summed E-state index contributed by atoms with van der Waals surface area (Å²) >= 11 is 0. The third kappa shape index (κ3) is 18.3. The molecule has 0 saturated carbocycles. The summed E-state index contributed by atoms with van der Waals surface area (Å²) < 4.78 is 21.2. The van der Waals surface area contributed by atoms with Gasteiger partial charge in [0.25, 0.3) is 0 Å². The summed E-state index contributed by atoms with van der Waals surface area (Å²) in [6, 6.07) is 0. The number of unbranched alkanes of at least 4 members (excludes halogenated alkanes) is 9. The molecule has 122 valence electrons. The molecule has 0 bridgehead atoms. The van der Waals surface area contributed by atoms with Crippen molar-refractivity contribution in [3.8, 4) is 0 Å². The molecule has 6 nitrogen and oxygen atoms in total. The maximum atomic E-state index is 10.6. The van der Waals surface area contributed by atoms with Gasteiger partial charge in [-0.15, -0.1) is 0 Å². The molecule has 0 heterocycles. The van der Waals surface area contributed by atoms with Gasteiger partial charge in [0.1, 0.15) is 0 Å². The molecule has 0 aliphatic heterocycles. The van der Waals surface area contributed by atoms with Crippen LogP contribution in [0.2, 0.25) is 0 Å². The summed E-state index contributed by atoms with van der Waals surface area (Å²) in [5, 5.41) is 0. The number of hydrogen-bond acceptors (Lipinski definition) is 2. The van der Waals surface area contributed by atoms with E-state index in [-0.39, 0.29) is 12.3 Å². The van der Waals surface area contributed by atoms with Gasteiger partial charge in [-0.25, -0.2) is 0 Å². The highest BCUT2D eigenvalue weighted by Crippen LogP contribution is 2.36. The van der Waals surface area contributed by atoms with E-state index in [2.05, 4.69) is 0 Å². The standard InChI is InChI=1S/C12H28O6P2/c13-19(14,15)11-9-7-5-3-1-2-4-6-8-10-12-20(16,17)18/h1-12H2,(H2,13,14,15)(H2,16,17,18). The summed E-state index contributed by atoms with van der Waals surface area (Å²) in [6.07, 6.45) is 9.34. The quantitative estimate of drug-likeness (QED) is 0.304. The van der Waals surface area contributed by atoms with Crippen LogP contribution in [-0.4, -0.2) is 31.9 Å². The van der Waals surface area contributed by atoms with Crippen molar-refractivity contribution >= 4 is 15.2 Å². The molecule has 0 aromatic rings. The minimum atomic E-state index is -3.81. The summed E-state index contributed by atoms with van der Waals surface area (Å²) in [7, 11) is -7.62. The molecule has 0 aromatic heterocycles. The van der Waals surface area contributed by atoms with E-state index >= 15 is 0 Å². The molecular weight excluding hydrogens is 302 g/mol. The highest BCUT2D eigenvalue weighted by molar-refractivity contribution is 7.52. The fourth-order valence-corrected chi connectivity index (χ4v) is 3.32. The van der Waals surface area contributed by atoms with Gasteiger partial charge < -0.3 is 19.6 Å². The molecule has 0 amide bonds. The first kappa shape index (κ1) is 20.3. The molecule has 0 atom stereocenters. The Kier molecular flexibility index (Phi) is 11.1. The highest BCUT2D eigenvalue weighted by Gasteiger charge is 2.11. The molecule has 0 radical (unpaired) electrons. The Bertz CT molecular complexity index is 290. The molecule has 4 N–H and O–H groups in total. The molecule has 0 aliphatic carbocycles. The Morgan fingerprint density at radius 2 is 0.650 bits per heavy atom. The van der Waals surface area contributed by atoms with Crippen molar-refractivity contribution in [3.63, 3.8) is 0 Å². The van der Waals surface area contributed by atoms with Gasteiger partial charge in [0.15, 0.2) is 0 Å². The van der Waals surface area contributed by atoms with Crippen LogP contribution in [0, 0.1) is 0 Å². The van der Waals surface area contributed by atoms with Gasteiger partial charge in [-0.2, -0.15) is 0 Å². The second-order valence-corrected chi connectivity index (χ2v) is 8.87. The van der Waals surface area contributed by atoms with Gasteiger partial charge in [-0.1, -0.05) is 51.4 Å². The van der Waals surface area contributed by atoms with E-state index in [0.29, 0.717) is 12.8 Å². The first-order valence-corrected chi connectivity index (χ1v) is 10.9. The maximum Gasteiger partial charge on any atom is 0.325 e. The lowest BCUT2D eigenvalue weighted by Gasteiger charge is -2.05. The Morgan fingerprint density at radius 3 is 0.850 bits per heavy atom. The second kappa shape index (κ2) is 10.9. The Labute approximate surface area is 121 Å². The average molecular weight is 330 g/mol. The molecule has 0 unspecified atom stereocenters. The van der Waals surface area contributed by atoms with Crippen LogP contribution in [0.15, 0.2) is 0 Å². The first-order valence-electron chi connectivity index (χ1n) is 7.30.